The van der Waals surface area contributed by atoms with E-state index in [-0.39, 0.29) is 5.91 Å². The Morgan fingerprint density at radius 3 is 2.37 bits per heavy atom. The summed E-state index contributed by atoms with van der Waals surface area (Å²) in [6.07, 6.45) is 0. The third-order valence-corrected chi connectivity index (χ3v) is 2.99. The van der Waals surface area contributed by atoms with Crippen molar-refractivity contribution in [3.8, 4) is 0 Å². The van der Waals surface area contributed by atoms with Crippen LogP contribution in [0.25, 0.3) is 0 Å². The van der Waals surface area contributed by atoms with Crippen molar-refractivity contribution in [1.82, 2.24) is 4.90 Å². The van der Waals surface area contributed by atoms with Gasteiger partial charge in [-0.15, -0.1) is 0 Å². The van der Waals surface area contributed by atoms with E-state index in [0.29, 0.717) is 17.2 Å². The van der Waals surface area contributed by atoms with Gasteiger partial charge in [-0.3, -0.25) is 4.79 Å². The molecular weight excluding hydrogens is 238 g/mol. The number of hydrogen-bond acceptors (Lipinski definition) is 3. The summed E-state index contributed by atoms with van der Waals surface area (Å²) in [5.74, 6) is 0.549. The van der Waals surface area contributed by atoms with Crippen LogP contribution in [0.3, 0.4) is 0 Å². The summed E-state index contributed by atoms with van der Waals surface area (Å²) in [7, 11) is 3.48. The molecule has 0 unspecified atom stereocenters. The molecule has 4 heteroatoms. The summed E-state index contributed by atoms with van der Waals surface area (Å²) in [4.78, 5) is 15.7. The fraction of sp³-hybridized carbons (Fsp3) is 0.533. The summed E-state index contributed by atoms with van der Waals surface area (Å²) < 4.78 is 0. The Morgan fingerprint density at radius 2 is 1.95 bits per heavy atom. The Kier molecular flexibility index (Phi) is 5.21. The normalized spacial score (nSPS) is 10.6. The number of hydrogen-bond donors (Lipinski definition) is 1. The second-order valence-electron chi connectivity index (χ2n) is 5.41. The average Bonchev–Trinajstić information content (AvgIpc) is 2.34. The van der Waals surface area contributed by atoms with E-state index in [4.69, 9.17) is 5.73 Å². The first-order chi connectivity index (χ1) is 8.86. The van der Waals surface area contributed by atoms with Crippen molar-refractivity contribution in [2.75, 3.05) is 37.8 Å². The number of nitrogens with zero attached hydrogens (tertiary/aromatic N) is 2. The van der Waals surface area contributed by atoms with Crippen LogP contribution >= 0.6 is 0 Å². The molecule has 0 aromatic heterocycles. The van der Waals surface area contributed by atoms with Crippen molar-refractivity contribution in [3.63, 3.8) is 0 Å². The number of nitrogen functional groups attached to an aromatic ring is 1. The molecule has 19 heavy (non-hydrogen) atoms. The van der Waals surface area contributed by atoms with Crippen LogP contribution in [0.2, 0.25) is 0 Å². The highest BCUT2D eigenvalue weighted by molar-refractivity contribution is 5.95. The maximum atomic E-state index is 11.9. The second kappa shape index (κ2) is 6.45. The van der Waals surface area contributed by atoms with Gasteiger partial charge in [0.05, 0.1) is 11.4 Å². The van der Waals surface area contributed by atoms with Crippen LogP contribution in [-0.2, 0) is 0 Å². The predicted molar refractivity (Wildman–Crippen MR) is 81.6 cm³/mol. The molecule has 0 radical (unpaired) electrons. The first kappa shape index (κ1) is 15.3. The minimum atomic E-state index is -0.0230. The summed E-state index contributed by atoms with van der Waals surface area (Å²) >= 11 is 0. The first-order valence-electron chi connectivity index (χ1n) is 6.72. The largest absolute Gasteiger partial charge is 0.397 e. The van der Waals surface area contributed by atoms with Gasteiger partial charge in [-0.1, -0.05) is 13.8 Å². The van der Waals surface area contributed by atoms with Gasteiger partial charge in [0.25, 0.3) is 5.91 Å². The first-order valence-corrected chi connectivity index (χ1v) is 6.72. The number of benzene rings is 1. The molecule has 0 bridgehead atoms. The minimum absolute atomic E-state index is 0.0230. The summed E-state index contributed by atoms with van der Waals surface area (Å²) in [5.41, 5.74) is 8.40. The highest BCUT2D eigenvalue weighted by atomic mass is 16.2. The Morgan fingerprint density at radius 1 is 1.32 bits per heavy atom. The SMILES string of the molecule is CCN(CC(C)C)c1ccc(C(=O)N(C)C)cc1N. The molecule has 0 saturated heterocycles. The molecule has 0 atom stereocenters. The van der Waals surface area contributed by atoms with Crippen molar-refractivity contribution in [2.24, 2.45) is 5.92 Å². The Bertz CT molecular complexity index is 441. The van der Waals surface area contributed by atoms with Gasteiger partial charge >= 0.3 is 0 Å². The fourth-order valence-electron chi connectivity index (χ4n) is 2.07. The molecule has 2 N–H and O–H groups in total. The molecule has 1 aromatic rings. The highest BCUT2D eigenvalue weighted by Crippen LogP contribution is 2.25. The molecule has 0 fully saturated rings. The minimum Gasteiger partial charge on any atom is -0.397 e. The van der Waals surface area contributed by atoms with E-state index in [0.717, 1.165) is 18.8 Å². The average molecular weight is 263 g/mol. The van der Waals surface area contributed by atoms with Crippen molar-refractivity contribution in [1.29, 1.82) is 0 Å². The van der Waals surface area contributed by atoms with E-state index >= 15 is 0 Å². The monoisotopic (exact) mass is 263 g/mol. The van der Waals surface area contributed by atoms with Crippen LogP contribution in [-0.4, -0.2) is 38.0 Å². The number of carbonyl (C=O) groups is 1. The second-order valence-corrected chi connectivity index (χ2v) is 5.41. The Labute approximate surface area is 116 Å². The van der Waals surface area contributed by atoms with Crippen LogP contribution in [0.4, 0.5) is 11.4 Å². The highest BCUT2D eigenvalue weighted by Gasteiger charge is 2.13. The lowest BCUT2D eigenvalue weighted by atomic mass is 10.1. The molecule has 1 amide bonds. The van der Waals surface area contributed by atoms with Crippen LogP contribution in [0.1, 0.15) is 31.1 Å². The van der Waals surface area contributed by atoms with Crippen molar-refractivity contribution >= 4 is 17.3 Å². The van der Waals surface area contributed by atoms with Gasteiger partial charge in [-0.2, -0.15) is 0 Å². The zero-order valence-corrected chi connectivity index (χ0v) is 12.6. The van der Waals surface area contributed by atoms with E-state index in [1.165, 1.54) is 0 Å². The molecule has 0 aliphatic carbocycles. The summed E-state index contributed by atoms with van der Waals surface area (Å²) in [6, 6.07) is 5.55. The van der Waals surface area contributed by atoms with Crippen LogP contribution in [0, 0.1) is 5.92 Å². The van der Waals surface area contributed by atoms with Gasteiger partial charge < -0.3 is 15.5 Å². The lowest BCUT2D eigenvalue weighted by Gasteiger charge is -2.26. The molecule has 0 heterocycles. The number of amides is 1. The molecule has 0 aliphatic heterocycles. The van der Waals surface area contributed by atoms with Gasteiger partial charge in [0.15, 0.2) is 0 Å². The lowest BCUT2D eigenvalue weighted by molar-refractivity contribution is 0.0827. The summed E-state index contributed by atoms with van der Waals surface area (Å²) in [6.45, 7) is 8.34. The zero-order chi connectivity index (χ0) is 14.6. The van der Waals surface area contributed by atoms with Gasteiger partial charge in [0, 0.05) is 32.7 Å². The standard InChI is InChI=1S/C15H25N3O/c1-6-18(10-11(2)3)14-8-7-12(9-13(14)16)15(19)17(4)5/h7-9,11H,6,10,16H2,1-5H3. The van der Waals surface area contributed by atoms with E-state index in [1.54, 1.807) is 25.1 Å². The van der Waals surface area contributed by atoms with Crippen LogP contribution < -0.4 is 10.6 Å². The van der Waals surface area contributed by atoms with Gasteiger partial charge in [0.1, 0.15) is 0 Å². The van der Waals surface area contributed by atoms with Gasteiger partial charge in [-0.25, -0.2) is 0 Å². The number of carbonyl (C=O) groups excluding carboxylic acids is 1. The third-order valence-electron chi connectivity index (χ3n) is 2.99. The maximum absolute atomic E-state index is 11.9. The lowest BCUT2D eigenvalue weighted by Crippen LogP contribution is -2.28. The van der Waals surface area contributed by atoms with Gasteiger partial charge in [-0.05, 0) is 31.0 Å². The van der Waals surface area contributed by atoms with Crippen molar-refractivity contribution in [2.45, 2.75) is 20.8 Å². The fourth-order valence-corrected chi connectivity index (χ4v) is 2.07. The molecule has 1 aromatic carbocycles. The summed E-state index contributed by atoms with van der Waals surface area (Å²) in [5, 5.41) is 0. The number of rotatable bonds is 5. The molecule has 0 spiro atoms. The number of nitrogens with two attached hydrogens (primary N) is 1. The molecule has 0 aliphatic rings. The topological polar surface area (TPSA) is 49.6 Å². The van der Waals surface area contributed by atoms with Gasteiger partial charge in [0.2, 0.25) is 0 Å². The van der Waals surface area contributed by atoms with Crippen molar-refractivity contribution < 1.29 is 4.79 Å². The van der Waals surface area contributed by atoms with E-state index in [2.05, 4.69) is 25.7 Å². The number of anilines is 2. The molecule has 4 nitrogen and oxygen atoms in total. The van der Waals surface area contributed by atoms with Crippen LogP contribution in [0.5, 0.6) is 0 Å². The quantitative estimate of drug-likeness (QED) is 0.830. The van der Waals surface area contributed by atoms with Crippen molar-refractivity contribution in [3.05, 3.63) is 23.8 Å². The molecular formula is C15H25N3O. The predicted octanol–water partition coefficient (Wildman–Crippen LogP) is 2.45. The molecule has 106 valence electrons. The Balaban J connectivity index is 3.02. The third kappa shape index (κ3) is 3.88. The van der Waals surface area contributed by atoms with E-state index < -0.39 is 0 Å². The maximum Gasteiger partial charge on any atom is 0.253 e. The zero-order valence-electron chi connectivity index (χ0n) is 12.6. The molecule has 1 rings (SSSR count). The van der Waals surface area contributed by atoms with Crippen LogP contribution in [0.15, 0.2) is 18.2 Å². The molecule has 0 saturated carbocycles. The Hall–Kier alpha value is -1.71. The van der Waals surface area contributed by atoms with E-state index in [1.807, 2.05) is 12.1 Å². The smallest absolute Gasteiger partial charge is 0.253 e. The van der Waals surface area contributed by atoms with E-state index in [9.17, 15) is 4.79 Å².